The topological polar surface area (TPSA) is 87.8 Å². The van der Waals surface area contributed by atoms with Crippen LogP contribution in [0.15, 0.2) is 64.3 Å². The quantitative estimate of drug-likeness (QED) is 0.518. The Morgan fingerprint density at radius 3 is 2.50 bits per heavy atom. The monoisotopic (exact) mass is 494 g/mol. The Morgan fingerprint density at radius 1 is 1.08 bits per heavy atom. The van der Waals surface area contributed by atoms with Gasteiger partial charge in [-0.2, -0.15) is 0 Å². The zero-order valence-corrected chi connectivity index (χ0v) is 20.6. The maximum atomic E-state index is 13.5. The maximum Gasteiger partial charge on any atom is 0.259 e. The van der Waals surface area contributed by atoms with Crippen LogP contribution in [-0.4, -0.2) is 52.4 Å². The molecule has 2 amide bonds. The molecule has 0 bridgehead atoms. The molecule has 1 fully saturated rings. The molecule has 1 unspecified atom stereocenters. The fourth-order valence-corrected chi connectivity index (χ4v) is 4.23. The summed E-state index contributed by atoms with van der Waals surface area (Å²) < 4.78 is 20.5. The van der Waals surface area contributed by atoms with Crippen LogP contribution in [0.3, 0.4) is 0 Å². The average Bonchev–Trinajstić information content (AvgIpc) is 3.41. The van der Waals surface area contributed by atoms with Gasteiger partial charge in [-0.05, 0) is 43.2 Å². The van der Waals surface area contributed by atoms with Crippen molar-refractivity contribution in [1.82, 2.24) is 19.7 Å². The number of hydrogen-bond donors (Lipinski definition) is 1. The van der Waals surface area contributed by atoms with Crippen molar-refractivity contribution in [3.8, 4) is 0 Å². The number of amides is 2. The zero-order chi connectivity index (χ0) is 25.7. The van der Waals surface area contributed by atoms with Crippen LogP contribution in [0.2, 0.25) is 0 Å². The second-order valence-electron chi connectivity index (χ2n) is 9.08. The lowest BCUT2D eigenvalue weighted by atomic mass is 10.1. The first-order valence-corrected chi connectivity index (χ1v) is 12.2. The number of rotatable bonds is 8. The van der Waals surface area contributed by atoms with Crippen molar-refractivity contribution in [2.45, 2.75) is 39.4 Å². The summed E-state index contributed by atoms with van der Waals surface area (Å²) in [5.74, 6) is -0.646. The number of carbonyl (C=O) groups excluding carboxylic acids is 2. The summed E-state index contributed by atoms with van der Waals surface area (Å²) in [7, 11) is 0. The lowest BCUT2D eigenvalue weighted by Crippen LogP contribution is -2.49. The van der Waals surface area contributed by atoms with Gasteiger partial charge in [0.2, 0.25) is 5.43 Å². The highest BCUT2D eigenvalue weighted by molar-refractivity contribution is 5.99. The third-order valence-corrected chi connectivity index (χ3v) is 6.58. The van der Waals surface area contributed by atoms with E-state index in [-0.39, 0.29) is 35.4 Å². The standard InChI is InChI=1S/C27H31FN4O4/c1-3-19(2)32-17-23(26(34)29-15-22-8-5-13-36-22)25(33)24(18-32)27(35)31-11-9-30(10-12-31)16-20-6-4-7-21(28)14-20/h4-8,13-14,17-19H,3,9-12,15-16H2,1-2H3,(H,29,34). The van der Waals surface area contributed by atoms with Crippen molar-refractivity contribution in [3.63, 3.8) is 0 Å². The summed E-state index contributed by atoms with van der Waals surface area (Å²) in [5.41, 5.74) is 0.204. The summed E-state index contributed by atoms with van der Waals surface area (Å²) >= 11 is 0. The van der Waals surface area contributed by atoms with Crippen LogP contribution in [0, 0.1) is 5.82 Å². The number of furan rings is 1. The SMILES string of the molecule is CCC(C)n1cc(C(=O)NCc2ccco2)c(=O)c(C(=O)N2CCN(Cc3cccc(F)c3)CC2)c1. The normalized spacial score (nSPS) is 15.0. The van der Waals surface area contributed by atoms with Crippen LogP contribution in [0.25, 0.3) is 0 Å². The van der Waals surface area contributed by atoms with Gasteiger partial charge in [-0.1, -0.05) is 19.1 Å². The van der Waals surface area contributed by atoms with Crippen LogP contribution >= 0.6 is 0 Å². The van der Waals surface area contributed by atoms with Gasteiger partial charge in [0.05, 0.1) is 12.8 Å². The van der Waals surface area contributed by atoms with E-state index in [2.05, 4.69) is 10.2 Å². The first-order valence-electron chi connectivity index (χ1n) is 12.2. The molecular formula is C27H31FN4O4. The molecule has 1 aliphatic rings. The predicted molar refractivity (Wildman–Crippen MR) is 133 cm³/mol. The molecule has 190 valence electrons. The summed E-state index contributed by atoms with van der Waals surface area (Å²) in [6, 6.07) is 9.93. The number of nitrogens with one attached hydrogen (secondary N) is 1. The molecule has 36 heavy (non-hydrogen) atoms. The Kier molecular flexibility index (Phi) is 8.00. The Morgan fingerprint density at radius 2 is 1.83 bits per heavy atom. The molecule has 1 aliphatic heterocycles. The molecule has 3 aromatic rings. The second kappa shape index (κ2) is 11.3. The third-order valence-electron chi connectivity index (χ3n) is 6.58. The molecule has 0 spiro atoms. The first kappa shape index (κ1) is 25.4. The van der Waals surface area contributed by atoms with E-state index in [1.165, 1.54) is 24.6 Å². The lowest BCUT2D eigenvalue weighted by molar-refractivity contribution is 0.0626. The van der Waals surface area contributed by atoms with Crippen LogP contribution in [0.1, 0.15) is 58.3 Å². The van der Waals surface area contributed by atoms with Gasteiger partial charge in [0.1, 0.15) is 22.7 Å². The van der Waals surface area contributed by atoms with Crippen LogP contribution in [-0.2, 0) is 13.1 Å². The summed E-state index contributed by atoms with van der Waals surface area (Å²) in [6.07, 6.45) is 5.35. The highest BCUT2D eigenvalue weighted by atomic mass is 19.1. The van der Waals surface area contributed by atoms with Crippen LogP contribution in [0.5, 0.6) is 0 Å². The Balaban J connectivity index is 1.49. The van der Waals surface area contributed by atoms with Gasteiger partial charge in [-0.25, -0.2) is 4.39 Å². The van der Waals surface area contributed by atoms with E-state index in [4.69, 9.17) is 4.42 Å². The first-order chi connectivity index (χ1) is 17.4. The molecule has 0 aliphatic carbocycles. The van der Waals surface area contributed by atoms with Gasteiger partial charge in [-0.3, -0.25) is 19.3 Å². The minimum absolute atomic E-state index is 0.00288. The van der Waals surface area contributed by atoms with Crippen molar-refractivity contribution < 1.29 is 18.4 Å². The second-order valence-corrected chi connectivity index (χ2v) is 9.08. The third kappa shape index (κ3) is 5.91. The van der Waals surface area contributed by atoms with Crippen molar-refractivity contribution in [3.05, 3.63) is 93.5 Å². The molecule has 0 radical (unpaired) electrons. The fraction of sp³-hybridized carbons (Fsp3) is 0.370. The molecule has 1 saturated heterocycles. The van der Waals surface area contributed by atoms with Gasteiger partial charge in [0.25, 0.3) is 11.8 Å². The molecule has 4 rings (SSSR count). The smallest absolute Gasteiger partial charge is 0.259 e. The van der Waals surface area contributed by atoms with Gasteiger partial charge in [0.15, 0.2) is 0 Å². The van der Waals surface area contributed by atoms with Crippen molar-refractivity contribution >= 4 is 11.8 Å². The van der Waals surface area contributed by atoms with Gasteiger partial charge >= 0.3 is 0 Å². The Labute approximate surface area is 209 Å². The van der Waals surface area contributed by atoms with Crippen LogP contribution < -0.4 is 10.7 Å². The van der Waals surface area contributed by atoms with E-state index in [0.717, 1.165) is 12.0 Å². The summed E-state index contributed by atoms with van der Waals surface area (Å²) in [6.45, 7) is 6.77. The Hall–Kier alpha value is -3.72. The fourth-order valence-electron chi connectivity index (χ4n) is 4.23. The van der Waals surface area contributed by atoms with E-state index < -0.39 is 11.3 Å². The minimum atomic E-state index is -0.585. The van der Waals surface area contributed by atoms with Crippen LogP contribution in [0.4, 0.5) is 4.39 Å². The number of pyridine rings is 1. The molecule has 0 saturated carbocycles. The predicted octanol–water partition coefficient (Wildman–Crippen LogP) is 3.44. The number of aromatic nitrogens is 1. The van der Waals surface area contributed by atoms with Crippen molar-refractivity contribution in [1.29, 1.82) is 0 Å². The van der Waals surface area contributed by atoms with Gasteiger partial charge in [0, 0.05) is 51.2 Å². The summed E-state index contributed by atoms with van der Waals surface area (Å²) in [5, 5.41) is 2.70. The summed E-state index contributed by atoms with van der Waals surface area (Å²) in [4.78, 5) is 43.4. The van der Waals surface area contributed by atoms with Crippen molar-refractivity contribution in [2.24, 2.45) is 0 Å². The molecule has 1 aromatic carbocycles. The van der Waals surface area contributed by atoms with Crippen molar-refractivity contribution in [2.75, 3.05) is 26.2 Å². The lowest BCUT2D eigenvalue weighted by Gasteiger charge is -2.34. The minimum Gasteiger partial charge on any atom is -0.467 e. The Bertz CT molecular complexity index is 1260. The molecule has 1 N–H and O–H groups in total. The number of halogens is 1. The molecular weight excluding hydrogens is 463 g/mol. The largest absolute Gasteiger partial charge is 0.467 e. The highest BCUT2D eigenvalue weighted by Gasteiger charge is 2.27. The molecule has 3 heterocycles. The number of piperazine rings is 1. The number of hydrogen-bond acceptors (Lipinski definition) is 5. The van der Waals surface area contributed by atoms with Gasteiger partial charge < -0.3 is 19.2 Å². The van der Waals surface area contributed by atoms with E-state index in [0.29, 0.717) is 38.5 Å². The maximum absolute atomic E-state index is 13.5. The highest BCUT2D eigenvalue weighted by Crippen LogP contribution is 2.15. The van der Waals surface area contributed by atoms with E-state index in [1.807, 2.05) is 19.9 Å². The molecule has 9 heteroatoms. The number of carbonyl (C=O) groups is 2. The van der Waals surface area contributed by atoms with E-state index in [1.54, 1.807) is 33.9 Å². The number of benzene rings is 1. The molecule has 8 nitrogen and oxygen atoms in total. The molecule has 1 atom stereocenters. The van der Waals surface area contributed by atoms with E-state index in [9.17, 15) is 18.8 Å². The zero-order valence-electron chi connectivity index (χ0n) is 20.6. The average molecular weight is 495 g/mol. The molecule has 2 aromatic heterocycles. The van der Waals surface area contributed by atoms with Gasteiger partial charge in [-0.15, -0.1) is 0 Å². The number of nitrogens with zero attached hydrogens (tertiary/aromatic N) is 3. The van der Waals surface area contributed by atoms with E-state index >= 15 is 0 Å².